The van der Waals surface area contributed by atoms with Gasteiger partial charge in [-0.25, -0.2) is 0 Å². The summed E-state index contributed by atoms with van der Waals surface area (Å²) in [6.07, 6.45) is 1.01. The molecule has 0 saturated heterocycles. The van der Waals surface area contributed by atoms with E-state index in [-0.39, 0.29) is 0 Å². The molecule has 0 radical (unpaired) electrons. The SMILES string of the molecule is CN(C)c1ccc(CNCC[C@@H](c2ccccc2)c2ccc3c(c2)OCO3)cc1. The zero-order valence-corrected chi connectivity index (χ0v) is 17.1. The Labute approximate surface area is 173 Å². The summed E-state index contributed by atoms with van der Waals surface area (Å²) >= 11 is 0. The second-order valence-corrected chi connectivity index (χ2v) is 7.60. The van der Waals surface area contributed by atoms with Gasteiger partial charge in [0, 0.05) is 32.2 Å². The quantitative estimate of drug-likeness (QED) is 0.563. The van der Waals surface area contributed by atoms with Gasteiger partial charge in [0.05, 0.1) is 0 Å². The lowest BCUT2D eigenvalue weighted by Gasteiger charge is -2.19. The van der Waals surface area contributed by atoms with Gasteiger partial charge in [0.2, 0.25) is 6.79 Å². The highest BCUT2D eigenvalue weighted by Crippen LogP contribution is 2.37. The van der Waals surface area contributed by atoms with Gasteiger partial charge in [0.15, 0.2) is 11.5 Å². The average molecular weight is 389 g/mol. The first-order valence-corrected chi connectivity index (χ1v) is 10.1. The molecule has 0 saturated carbocycles. The van der Waals surface area contributed by atoms with Crippen LogP contribution in [0.5, 0.6) is 11.5 Å². The van der Waals surface area contributed by atoms with Crippen molar-refractivity contribution in [1.29, 1.82) is 0 Å². The first kappa shape index (κ1) is 19.3. The highest BCUT2D eigenvalue weighted by molar-refractivity contribution is 5.47. The van der Waals surface area contributed by atoms with Gasteiger partial charge >= 0.3 is 0 Å². The van der Waals surface area contributed by atoms with Crippen LogP contribution >= 0.6 is 0 Å². The molecule has 0 aromatic heterocycles. The van der Waals surface area contributed by atoms with E-state index in [9.17, 15) is 0 Å². The molecule has 4 nitrogen and oxygen atoms in total. The zero-order valence-electron chi connectivity index (χ0n) is 17.1. The Hall–Kier alpha value is -2.98. The number of nitrogens with zero attached hydrogens (tertiary/aromatic N) is 1. The van der Waals surface area contributed by atoms with Gasteiger partial charge < -0.3 is 19.7 Å². The first-order valence-electron chi connectivity index (χ1n) is 10.1. The third-order valence-corrected chi connectivity index (χ3v) is 5.39. The molecule has 0 spiro atoms. The Kier molecular flexibility index (Phi) is 6.01. The smallest absolute Gasteiger partial charge is 0.231 e. The molecule has 3 aromatic carbocycles. The Morgan fingerprint density at radius 3 is 2.38 bits per heavy atom. The molecular weight excluding hydrogens is 360 g/mol. The molecule has 0 fully saturated rings. The molecule has 0 bridgehead atoms. The van der Waals surface area contributed by atoms with Crippen molar-refractivity contribution in [3.05, 3.63) is 89.5 Å². The van der Waals surface area contributed by atoms with E-state index >= 15 is 0 Å². The molecule has 1 atom stereocenters. The number of benzene rings is 3. The minimum Gasteiger partial charge on any atom is -0.454 e. The summed E-state index contributed by atoms with van der Waals surface area (Å²) in [6.45, 7) is 2.11. The Morgan fingerprint density at radius 2 is 1.62 bits per heavy atom. The highest BCUT2D eigenvalue weighted by Gasteiger charge is 2.19. The first-order chi connectivity index (χ1) is 14.2. The molecule has 1 N–H and O–H groups in total. The van der Waals surface area contributed by atoms with Gasteiger partial charge in [-0.2, -0.15) is 0 Å². The normalized spacial score (nSPS) is 13.3. The fourth-order valence-electron chi connectivity index (χ4n) is 3.73. The molecule has 1 aliphatic heterocycles. The largest absolute Gasteiger partial charge is 0.454 e. The van der Waals surface area contributed by atoms with Gasteiger partial charge in [0.25, 0.3) is 0 Å². The molecule has 29 heavy (non-hydrogen) atoms. The number of hydrogen-bond donors (Lipinski definition) is 1. The minimum absolute atomic E-state index is 0.308. The van der Waals surface area contributed by atoms with E-state index < -0.39 is 0 Å². The summed E-state index contributed by atoms with van der Waals surface area (Å²) in [5.74, 6) is 1.99. The molecule has 4 heteroatoms. The van der Waals surface area contributed by atoms with E-state index in [0.717, 1.165) is 31.0 Å². The van der Waals surface area contributed by atoms with Crippen LogP contribution in [0.1, 0.15) is 29.0 Å². The third kappa shape index (κ3) is 4.72. The second-order valence-electron chi connectivity index (χ2n) is 7.60. The van der Waals surface area contributed by atoms with Crippen molar-refractivity contribution in [2.75, 3.05) is 32.3 Å². The number of ether oxygens (including phenoxy) is 2. The van der Waals surface area contributed by atoms with Crippen molar-refractivity contribution in [3.63, 3.8) is 0 Å². The summed E-state index contributed by atoms with van der Waals surface area (Å²) in [4.78, 5) is 2.12. The Bertz CT molecular complexity index is 923. The number of fused-ring (bicyclic) bond motifs is 1. The van der Waals surface area contributed by atoms with E-state index in [1.54, 1.807) is 0 Å². The maximum atomic E-state index is 5.59. The van der Waals surface area contributed by atoms with Crippen LogP contribution in [0.15, 0.2) is 72.8 Å². The predicted molar refractivity (Wildman–Crippen MR) is 118 cm³/mol. The molecule has 0 unspecified atom stereocenters. The number of anilines is 1. The number of rotatable bonds is 8. The summed E-state index contributed by atoms with van der Waals surface area (Å²) in [5.41, 5.74) is 5.11. The molecule has 3 aromatic rings. The molecular formula is C25H28N2O2. The summed E-state index contributed by atoms with van der Waals surface area (Å²) in [7, 11) is 4.13. The molecule has 150 valence electrons. The molecule has 1 heterocycles. The maximum absolute atomic E-state index is 5.59. The van der Waals surface area contributed by atoms with Gasteiger partial charge in [-0.1, -0.05) is 48.5 Å². The van der Waals surface area contributed by atoms with E-state index in [0.29, 0.717) is 12.7 Å². The number of hydrogen-bond acceptors (Lipinski definition) is 4. The Morgan fingerprint density at radius 1 is 0.862 bits per heavy atom. The van der Waals surface area contributed by atoms with Crippen molar-refractivity contribution >= 4 is 5.69 Å². The van der Waals surface area contributed by atoms with E-state index in [1.165, 1.54) is 22.4 Å². The van der Waals surface area contributed by atoms with Crippen LogP contribution in [0.2, 0.25) is 0 Å². The monoisotopic (exact) mass is 388 g/mol. The van der Waals surface area contributed by atoms with Crippen LogP contribution in [0.3, 0.4) is 0 Å². The van der Waals surface area contributed by atoms with E-state index in [2.05, 4.69) is 91.0 Å². The van der Waals surface area contributed by atoms with E-state index in [4.69, 9.17) is 9.47 Å². The van der Waals surface area contributed by atoms with Gasteiger partial charge in [-0.05, 0) is 53.9 Å². The van der Waals surface area contributed by atoms with Gasteiger partial charge in [-0.15, -0.1) is 0 Å². The van der Waals surface area contributed by atoms with Gasteiger partial charge in [0.1, 0.15) is 0 Å². The Balaban J connectivity index is 1.41. The average Bonchev–Trinajstić information content (AvgIpc) is 3.22. The molecule has 1 aliphatic rings. The lowest BCUT2D eigenvalue weighted by Crippen LogP contribution is -2.18. The van der Waals surface area contributed by atoms with Crippen LogP contribution in [0, 0.1) is 0 Å². The highest BCUT2D eigenvalue weighted by atomic mass is 16.7. The standard InChI is InChI=1S/C25H28N2O2/c1-27(2)22-11-8-19(9-12-22)17-26-15-14-23(20-6-4-3-5-7-20)21-10-13-24-25(16-21)29-18-28-24/h3-13,16,23,26H,14-15,17-18H2,1-2H3/t23-/m0/s1. The van der Waals surface area contributed by atoms with Crippen LogP contribution < -0.4 is 19.7 Å². The second kappa shape index (κ2) is 9.01. The van der Waals surface area contributed by atoms with Crippen molar-refractivity contribution in [3.8, 4) is 11.5 Å². The lowest BCUT2D eigenvalue weighted by molar-refractivity contribution is 0.174. The fraction of sp³-hybridized carbons (Fsp3) is 0.280. The maximum Gasteiger partial charge on any atom is 0.231 e. The summed E-state index contributed by atoms with van der Waals surface area (Å²) < 4.78 is 11.1. The van der Waals surface area contributed by atoms with E-state index in [1.807, 2.05) is 6.07 Å². The van der Waals surface area contributed by atoms with Crippen LogP contribution in [0.25, 0.3) is 0 Å². The topological polar surface area (TPSA) is 33.7 Å². The zero-order chi connectivity index (χ0) is 20.1. The van der Waals surface area contributed by atoms with Gasteiger partial charge in [-0.3, -0.25) is 0 Å². The molecule has 0 aliphatic carbocycles. The van der Waals surface area contributed by atoms with Crippen LogP contribution in [-0.2, 0) is 6.54 Å². The predicted octanol–water partition coefficient (Wildman–Crippen LogP) is 4.79. The minimum atomic E-state index is 0.308. The van der Waals surface area contributed by atoms with Crippen LogP contribution in [-0.4, -0.2) is 27.4 Å². The fourth-order valence-corrected chi connectivity index (χ4v) is 3.73. The van der Waals surface area contributed by atoms with Crippen molar-refractivity contribution in [1.82, 2.24) is 5.32 Å². The molecule has 4 rings (SSSR count). The van der Waals surface area contributed by atoms with Crippen molar-refractivity contribution < 1.29 is 9.47 Å². The van der Waals surface area contributed by atoms with Crippen molar-refractivity contribution in [2.24, 2.45) is 0 Å². The molecule has 0 amide bonds. The number of nitrogens with one attached hydrogen (secondary N) is 1. The lowest BCUT2D eigenvalue weighted by atomic mass is 9.88. The van der Waals surface area contributed by atoms with Crippen molar-refractivity contribution in [2.45, 2.75) is 18.9 Å². The van der Waals surface area contributed by atoms with Crippen LogP contribution in [0.4, 0.5) is 5.69 Å². The summed E-state index contributed by atoms with van der Waals surface area (Å²) in [6, 6.07) is 25.7. The third-order valence-electron chi connectivity index (χ3n) is 5.39. The summed E-state index contributed by atoms with van der Waals surface area (Å²) in [5, 5.41) is 3.60.